The van der Waals surface area contributed by atoms with Crippen LogP contribution in [0, 0.1) is 12.3 Å². The van der Waals surface area contributed by atoms with Crippen molar-refractivity contribution in [3.8, 4) is 12.3 Å². The molecule has 106 valence electrons. The normalized spacial score (nSPS) is 11.7. The first kappa shape index (κ1) is 15.8. The molecule has 0 amide bonds. The van der Waals surface area contributed by atoms with Gasteiger partial charge in [0.1, 0.15) is 5.76 Å². The summed E-state index contributed by atoms with van der Waals surface area (Å²) in [5.41, 5.74) is 0. The van der Waals surface area contributed by atoms with E-state index in [1.165, 1.54) is 10.4 Å². The van der Waals surface area contributed by atoms with E-state index in [2.05, 4.69) is 18.2 Å². The van der Waals surface area contributed by atoms with Gasteiger partial charge in [-0.2, -0.15) is 4.31 Å². The molecule has 0 bridgehead atoms. The van der Waals surface area contributed by atoms with Crippen LogP contribution in [0.15, 0.2) is 21.6 Å². The zero-order valence-electron chi connectivity index (χ0n) is 11.3. The highest BCUT2D eigenvalue weighted by Gasteiger charge is 2.25. The molecular formula is C13H20N2O3S. The van der Waals surface area contributed by atoms with Crippen molar-refractivity contribution in [3.05, 3.63) is 17.9 Å². The summed E-state index contributed by atoms with van der Waals surface area (Å²) in [5, 5.41) is 3.09. The first-order chi connectivity index (χ1) is 9.06. The van der Waals surface area contributed by atoms with Crippen LogP contribution < -0.4 is 5.32 Å². The summed E-state index contributed by atoms with van der Waals surface area (Å²) in [6.45, 7) is 5.54. The molecule has 0 atom stereocenters. The first-order valence-corrected chi connectivity index (χ1v) is 7.73. The molecule has 0 radical (unpaired) electrons. The minimum absolute atomic E-state index is 0.0446. The van der Waals surface area contributed by atoms with Gasteiger partial charge in [-0.1, -0.05) is 19.8 Å². The molecule has 0 saturated carbocycles. The summed E-state index contributed by atoms with van der Waals surface area (Å²) in [5.74, 6) is 2.94. The van der Waals surface area contributed by atoms with Crippen molar-refractivity contribution in [2.45, 2.75) is 31.9 Å². The molecule has 6 heteroatoms. The Morgan fingerprint density at radius 3 is 2.74 bits per heavy atom. The Morgan fingerprint density at radius 1 is 1.42 bits per heavy atom. The second-order valence-electron chi connectivity index (χ2n) is 4.03. The zero-order chi connectivity index (χ0) is 14.3. The summed E-state index contributed by atoms with van der Waals surface area (Å²) in [7, 11) is -3.63. The highest BCUT2D eigenvalue weighted by Crippen LogP contribution is 2.18. The summed E-state index contributed by atoms with van der Waals surface area (Å²) in [6.07, 6.45) is 6.18. The van der Waals surface area contributed by atoms with Gasteiger partial charge in [0, 0.05) is 6.54 Å². The number of hydrogen-bond donors (Lipinski definition) is 1. The standard InChI is InChI=1S/C13H20N2O3S/c1-4-9-14-11-12-7-8-13(18-12)19(16,17)15(6-3)10-5-2/h2,7-8,14H,4,6,9-11H2,1,3H3. The molecular weight excluding hydrogens is 264 g/mol. The van der Waals surface area contributed by atoms with Crippen LogP contribution in [0.5, 0.6) is 0 Å². The van der Waals surface area contributed by atoms with E-state index in [-0.39, 0.29) is 11.6 Å². The Kier molecular flexibility index (Phi) is 6.09. The SMILES string of the molecule is C#CCN(CC)S(=O)(=O)c1ccc(CNCCC)o1. The van der Waals surface area contributed by atoms with Crippen molar-refractivity contribution in [1.82, 2.24) is 9.62 Å². The smallest absolute Gasteiger partial charge is 0.277 e. The fraction of sp³-hybridized carbons (Fsp3) is 0.538. The van der Waals surface area contributed by atoms with Gasteiger partial charge >= 0.3 is 0 Å². The van der Waals surface area contributed by atoms with Crippen LogP contribution in [0.2, 0.25) is 0 Å². The van der Waals surface area contributed by atoms with Crippen molar-refractivity contribution < 1.29 is 12.8 Å². The fourth-order valence-electron chi connectivity index (χ4n) is 1.58. The topological polar surface area (TPSA) is 62.6 Å². The third-order valence-electron chi connectivity index (χ3n) is 2.58. The van der Waals surface area contributed by atoms with Gasteiger partial charge in [-0.15, -0.1) is 6.42 Å². The lowest BCUT2D eigenvalue weighted by molar-refractivity contribution is 0.378. The number of sulfonamides is 1. The largest absolute Gasteiger partial charge is 0.447 e. The van der Waals surface area contributed by atoms with E-state index in [0.717, 1.165) is 13.0 Å². The Bertz CT molecular complexity index is 528. The van der Waals surface area contributed by atoms with E-state index in [1.807, 2.05) is 0 Å². The number of nitrogens with one attached hydrogen (secondary N) is 1. The molecule has 1 aromatic heterocycles. The van der Waals surface area contributed by atoms with Crippen molar-refractivity contribution in [1.29, 1.82) is 0 Å². The fourth-order valence-corrected chi connectivity index (χ4v) is 2.87. The minimum atomic E-state index is -3.63. The van der Waals surface area contributed by atoms with Crippen molar-refractivity contribution >= 4 is 10.0 Å². The number of nitrogens with zero attached hydrogens (tertiary/aromatic N) is 1. The second kappa shape index (κ2) is 7.34. The van der Waals surface area contributed by atoms with Crippen LogP contribution in [0.3, 0.4) is 0 Å². The first-order valence-electron chi connectivity index (χ1n) is 6.29. The summed E-state index contributed by atoms with van der Waals surface area (Å²) in [6, 6.07) is 3.14. The van der Waals surface area contributed by atoms with Gasteiger partial charge < -0.3 is 9.73 Å². The minimum Gasteiger partial charge on any atom is -0.447 e. The van der Waals surface area contributed by atoms with Crippen LogP contribution in [-0.2, 0) is 16.6 Å². The lowest BCUT2D eigenvalue weighted by Crippen LogP contribution is -2.31. The molecule has 0 unspecified atom stereocenters. The monoisotopic (exact) mass is 284 g/mol. The van der Waals surface area contributed by atoms with Gasteiger partial charge in [0.2, 0.25) is 5.09 Å². The van der Waals surface area contributed by atoms with Gasteiger partial charge in [0.25, 0.3) is 10.0 Å². The van der Waals surface area contributed by atoms with Crippen molar-refractivity contribution in [3.63, 3.8) is 0 Å². The van der Waals surface area contributed by atoms with Gasteiger partial charge in [0.05, 0.1) is 13.1 Å². The lowest BCUT2D eigenvalue weighted by Gasteiger charge is -2.15. The highest BCUT2D eigenvalue weighted by atomic mass is 32.2. The molecule has 0 aliphatic heterocycles. The molecule has 0 fully saturated rings. The van der Waals surface area contributed by atoms with E-state index in [4.69, 9.17) is 10.8 Å². The second-order valence-corrected chi connectivity index (χ2v) is 5.90. The summed E-state index contributed by atoms with van der Waals surface area (Å²) >= 11 is 0. The van der Waals surface area contributed by atoms with Crippen LogP contribution in [0.1, 0.15) is 26.0 Å². The Balaban J connectivity index is 2.82. The van der Waals surface area contributed by atoms with Gasteiger partial charge in [0.15, 0.2) is 0 Å². The van der Waals surface area contributed by atoms with Gasteiger partial charge in [-0.25, -0.2) is 8.42 Å². The van der Waals surface area contributed by atoms with E-state index in [1.54, 1.807) is 13.0 Å². The van der Waals surface area contributed by atoms with E-state index in [0.29, 0.717) is 18.8 Å². The molecule has 1 aromatic rings. The molecule has 0 spiro atoms. The van der Waals surface area contributed by atoms with Gasteiger partial charge in [-0.05, 0) is 25.1 Å². The molecule has 1 heterocycles. The molecule has 0 aliphatic carbocycles. The zero-order valence-corrected chi connectivity index (χ0v) is 12.2. The predicted octanol–water partition coefficient (Wildman–Crippen LogP) is 1.42. The molecule has 0 saturated heterocycles. The van der Waals surface area contributed by atoms with Gasteiger partial charge in [-0.3, -0.25) is 0 Å². The van der Waals surface area contributed by atoms with Crippen molar-refractivity contribution in [2.24, 2.45) is 0 Å². The number of terminal acetylenes is 1. The maximum absolute atomic E-state index is 12.2. The molecule has 0 aromatic carbocycles. The average Bonchev–Trinajstić information content (AvgIpc) is 2.85. The average molecular weight is 284 g/mol. The highest BCUT2D eigenvalue weighted by molar-refractivity contribution is 7.89. The van der Waals surface area contributed by atoms with E-state index in [9.17, 15) is 8.42 Å². The van der Waals surface area contributed by atoms with E-state index < -0.39 is 10.0 Å². The van der Waals surface area contributed by atoms with Crippen molar-refractivity contribution in [2.75, 3.05) is 19.6 Å². The summed E-state index contributed by atoms with van der Waals surface area (Å²) < 4.78 is 31.0. The quantitative estimate of drug-likeness (QED) is 0.579. The number of furan rings is 1. The Morgan fingerprint density at radius 2 is 2.16 bits per heavy atom. The third kappa shape index (κ3) is 4.10. The third-order valence-corrected chi connectivity index (χ3v) is 4.37. The maximum Gasteiger partial charge on any atom is 0.277 e. The summed E-state index contributed by atoms with van der Waals surface area (Å²) in [4.78, 5) is 0. The Labute approximate surface area is 115 Å². The molecule has 19 heavy (non-hydrogen) atoms. The number of rotatable bonds is 8. The molecule has 5 nitrogen and oxygen atoms in total. The molecule has 0 aliphatic rings. The predicted molar refractivity (Wildman–Crippen MR) is 74.0 cm³/mol. The van der Waals surface area contributed by atoms with Crippen LogP contribution in [0.4, 0.5) is 0 Å². The lowest BCUT2D eigenvalue weighted by atomic mass is 10.4. The maximum atomic E-state index is 12.2. The molecule has 1 rings (SSSR count). The van der Waals surface area contributed by atoms with Crippen LogP contribution in [0.25, 0.3) is 0 Å². The molecule has 1 N–H and O–H groups in total. The van der Waals surface area contributed by atoms with Crippen LogP contribution >= 0.6 is 0 Å². The Hall–Kier alpha value is -1.29. The number of hydrogen-bond acceptors (Lipinski definition) is 4. The van der Waals surface area contributed by atoms with Crippen LogP contribution in [-0.4, -0.2) is 32.4 Å². The van der Waals surface area contributed by atoms with E-state index >= 15 is 0 Å².